The first kappa shape index (κ1) is 41.0. The van der Waals surface area contributed by atoms with Crippen molar-refractivity contribution >= 4 is 11.7 Å². The van der Waals surface area contributed by atoms with E-state index >= 15 is 4.79 Å². The second-order valence-corrected chi connectivity index (χ2v) is 18.2. The Kier molecular flexibility index (Phi) is 10.4. The molecule has 10 nitrogen and oxygen atoms in total. The van der Waals surface area contributed by atoms with Crippen molar-refractivity contribution in [2.45, 2.75) is 83.5 Å². The highest BCUT2D eigenvalue weighted by Gasteiger charge is 2.74. The summed E-state index contributed by atoms with van der Waals surface area (Å²) in [5, 5.41) is 24.5. The highest BCUT2D eigenvalue weighted by molar-refractivity contribution is 6.10. The van der Waals surface area contributed by atoms with Crippen molar-refractivity contribution in [2.75, 3.05) is 42.1 Å². The molecule has 6 aliphatic carbocycles. The molecule has 3 aromatic carbocycles. The number of rotatable bonds is 13. The largest absolute Gasteiger partial charge is 0.497 e. The topological polar surface area (TPSA) is 124 Å². The van der Waals surface area contributed by atoms with Gasteiger partial charge in [0.1, 0.15) is 17.2 Å². The molecule has 3 fully saturated rings. The zero-order chi connectivity index (χ0) is 42.0. The van der Waals surface area contributed by atoms with E-state index in [1.54, 1.807) is 46.5 Å². The Bertz CT molecular complexity index is 2180. The van der Waals surface area contributed by atoms with Crippen LogP contribution in [0.25, 0.3) is 0 Å². The second kappa shape index (κ2) is 15.0. The van der Waals surface area contributed by atoms with Gasteiger partial charge in [-0.3, -0.25) is 9.59 Å². The minimum absolute atomic E-state index is 0.0125. The van der Waals surface area contributed by atoms with Crippen LogP contribution in [0.3, 0.4) is 0 Å². The number of nitrogens with zero attached hydrogens (tertiary/aromatic N) is 1. The summed E-state index contributed by atoms with van der Waals surface area (Å²) in [4.78, 5) is 31.5. The molecule has 1 amide bonds. The van der Waals surface area contributed by atoms with Crippen LogP contribution in [0, 0.1) is 33.5 Å². The van der Waals surface area contributed by atoms with Crippen LogP contribution in [0.15, 0.2) is 84.5 Å². The second-order valence-electron chi connectivity index (χ2n) is 18.2. The van der Waals surface area contributed by atoms with Gasteiger partial charge >= 0.3 is 0 Å². The van der Waals surface area contributed by atoms with E-state index in [9.17, 15) is 15.0 Å². The minimum Gasteiger partial charge on any atom is -0.497 e. The molecule has 8 atom stereocenters. The maximum Gasteiger partial charge on any atom is 0.227 e. The van der Waals surface area contributed by atoms with Crippen molar-refractivity contribution in [1.29, 1.82) is 0 Å². The van der Waals surface area contributed by atoms with E-state index in [2.05, 4.69) is 32.1 Å². The predicted molar refractivity (Wildman–Crippen MR) is 224 cm³/mol. The summed E-state index contributed by atoms with van der Waals surface area (Å²) >= 11 is 0. The van der Waals surface area contributed by atoms with Crippen molar-refractivity contribution in [1.82, 2.24) is 4.90 Å². The molecule has 0 heterocycles. The number of hydrogen-bond donors (Lipinski definition) is 2. The molecule has 3 aromatic rings. The maximum atomic E-state index is 15.0. The molecule has 9 rings (SSSR count). The number of ketones is 1. The van der Waals surface area contributed by atoms with Gasteiger partial charge < -0.3 is 38.8 Å². The molecule has 0 saturated heterocycles. The number of aliphatic hydroxyl groups excluding tert-OH is 1. The number of carbonyl (C=O) groups excluding carboxylic acids is 2. The summed E-state index contributed by atoms with van der Waals surface area (Å²) in [5.74, 6) is 2.92. The van der Waals surface area contributed by atoms with E-state index in [0.29, 0.717) is 53.6 Å². The van der Waals surface area contributed by atoms with Crippen molar-refractivity contribution in [3.8, 4) is 28.7 Å². The number of allylic oxidation sites excluding steroid dienone is 4. The van der Waals surface area contributed by atoms with Crippen LogP contribution in [-0.2, 0) is 17.8 Å². The molecule has 10 heteroatoms. The number of aliphatic hydroxyl groups is 2. The van der Waals surface area contributed by atoms with Gasteiger partial charge in [-0.15, -0.1) is 0 Å². The SMILES string of the molecule is COc1ccc(C(=O)C2=C[C@@]34C=C[C@@]25[C@@H]2CC[C@@](O)(CN(Cc6ccc(OC)cc6OC)C(=O)Cc6ccc(OC)c(OC)c6)[C@@]2(C)CC[C@@H]5[C@@]3(C)CCC(O)C4)cc1. The van der Waals surface area contributed by atoms with Crippen LogP contribution >= 0.6 is 0 Å². The highest BCUT2D eigenvalue weighted by Crippen LogP contribution is 2.78. The number of amides is 1. The number of methoxy groups -OCH3 is 5. The van der Waals surface area contributed by atoms with Gasteiger partial charge in [0.25, 0.3) is 0 Å². The summed E-state index contributed by atoms with van der Waals surface area (Å²) < 4.78 is 27.7. The van der Waals surface area contributed by atoms with E-state index in [1.165, 1.54) is 0 Å². The van der Waals surface area contributed by atoms with Gasteiger partial charge in [0, 0.05) is 45.6 Å². The molecule has 2 N–H and O–H groups in total. The third-order valence-corrected chi connectivity index (χ3v) is 15.8. The summed E-state index contributed by atoms with van der Waals surface area (Å²) in [5.41, 5.74) is -0.240. The molecular formula is C49H59NO9. The van der Waals surface area contributed by atoms with Gasteiger partial charge in [-0.1, -0.05) is 38.1 Å². The molecule has 59 heavy (non-hydrogen) atoms. The predicted octanol–water partition coefficient (Wildman–Crippen LogP) is 7.77. The quantitative estimate of drug-likeness (QED) is 0.132. The smallest absolute Gasteiger partial charge is 0.227 e. The molecule has 0 aromatic heterocycles. The van der Waals surface area contributed by atoms with Crippen molar-refractivity contribution in [2.24, 2.45) is 33.5 Å². The Labute approximate surface area is 348 Å². The minimum atomic E-state index is -1.28. The molecule has 314 valence electrons. The molecule has 3 saturated carbocycles. The maximum absolute atomic E-state index is 15.0. The molecule has 0 radical (unpaired) electrons. The lowest BCUT2D eigenvalue weighted by Gasteiger charge is -2.71. The zero-order valence-electron chi connectivity index (χ0n) is 35.5. The Morgan fingerprint density at radius 1 is 0.729 bits per heavy atom. The molecule has 2 bridgehead atoms. The first-order valence-electron chi connectivity index (χ1n) is 21.0. The van der Waals surface area contributed by atoms with Crippen LogP contribution in [0.2, 0.25) is 0 Å². The summed E-state index contributed by atoms with van der Waals surface area (Å²) in [6.07, 6.45) is 11.4. The lowest BCUT2D eigenvalue weighted by atomic mass is 9.32. The third-order valence-electron chi connectivity index (χ3n) is 15.8. The fourth-order valence-electron chi connectivity index (χ4n) is 12.5. The fourth-order valence-corrected chi connectivity index (χ4v) is 12.5. The van der Waals surface area contributed by atoms with E-state index in [0.717, 1.165) is 42.4 Å². The van der Waals surface area contributed by atoms with Crippen molar-refractivity contribution < 1.29 is 43.5 Å². The normalized spacial score (nSPS) is 32.6. The molecule has 1 unspecified atom stereocenters. The van der Waals surface area contributed by atoms with Gasteiger partial charge in [-0.25, -0.2) is 0 Å². The van der Waals surface area contributed by atoms with Crippen molar-refractivity contribution in [3.63, 3.8) is 0 Å². The number of Topliss-reactive ketones (excluding diaryl/α,β-unsaturated/α-hetero) is 1. The number of carbonyl (C=O) groups is 2. The number of ether oxygens (including phenoxy) is 5. The third kappa shape index (κ3) is 6.26. The molecule has 6 aliphatic rings. The standard InChI is InChI=1S/C49H59NO9/c1-45-19-16-34(51)27-47(45)22-23-49(37(28-47)44(53)32-9-12-35(55-3)13-10-32)41(45)17-20-46(2)42(49)18-21-48(46,54)30-50(29-33-11-14-36(56-4)26-39(33)58-6)43(52)25-31-8-15-38(57-5)40(24-31)59-7/h8-15,22-24,26,28,34,41-42,51,54H,16-21,25,27,29-30H2,1-7H3/t34?,41-,42-,45-,46+,47+,48-,49-/m1/s1. The number of hydrogen-bond acceptors (Lipinski definition) is 9. The van der Waals surface area contributed by atoms with Crippen LogP contribution in [-0.4, -0.2) is 80.6 Å². The summed E-state index contributed by atoms with van der Waals surface area (Å²) in [6.45, 7) is 4.89. The Morgan fingerprint density at radius 2 is 1.39 bits per heavy atom. The van der Waals surface area contributed by atoms with Gasteiger partial charge in [0.15, 0.2) is 17.3 Å². The van der Waals surface area contributed by atoms with E-state index in [1.807, 2.05) is 54.6 Å². The van der Waals surface area contributed by atoms with Gasteiger partial charge in [-0.2, -0.15) is 0 Å². The number of fused-ring (bicyclic) bond motifs is 1. The lowest BCUT2D eigenvalue weighted by molar-refractivity contribution is -0.178. The molecule has 2 spiro atoms. The molecular weight excluding hydrogens is 747 g/mol. The van der Waals surface area contributed by atoms with Crippen LogP contribution in [0.5, 0.6) is 28.7 Å². The Balaban J connectivity index is 1.19. The van der Waals surface area contributed by atoms with Gasteiger partial charge in [0.05, 0.1) is 60.2 Å². The first-order valence-corrected chi connectivity index (χ1v) is 21.0. The number of benzene rings is 3. The van der Waals surface area contributed by atoms with Crippen LogP contribution in [0.1, 0.15) is 80.3 Å². The van der Waals surface area contributed by atoms with E-state index in [-0.39, 0.29) is 48.5 Å². The highest BCUT2D eigenvalue weighted by atomic mass is 16.5. The van der Waals surface area contributed by atoms with Gasteiger partial charge in [0.2, 0.25) is 5.91 Å². The zero-order valence-corrected chi connectivity index (χ0v) is 35.5. The van der Waals surface area contributed by atoms with Crippen molar-refractivity contribution in [3.05, 3.63) is 101 Å². The Morgan fingerprint density at radius 3 is 2.08 bits per heavy atom. The summed E-state index contributed by atoms with van der Waals surface area (Å²) in [7, 11) is 7.97. The average Bonchev–Trinajstić information content (AvgIpc) is 3.52. The molecule has 0 aliphatic heterocycles. The Hall–Kier alpha value is -4.80. The monoisotopic (exact) mass is 805 g/mol. The van der Waals surface area contributed by atoms with E-state index < -0.39 is 27.9 Å². The lowest BCUT2D eigenvalue weighted by Crippen LogP contribution is -2.67. The first-order chi connectivity index (χ1) is 28.2. The average molecular weight is 806 g/mol. The van der Waals surface area contributed by atoms with Crippen LogP contribution in [0.4, 0.5) is 0 Å². The van der Waals surface area contributed by atoms with Crippen LogP contribution < -0.4 is 23.7 Å². The van der Waals surface area contributed by atoms with E-state index in [4.69, 9.17) is 23.7 Å². The summed E-state index contributed by atoms with van der Waals surface area (Å²) in [6, 6.07) is 18.4. The van der Waals surface area contributed by atoms with Gasteiger partial charge in [-0.05, 0) is 116 Å². The fraction of sp³-hybridized carbons (Fsp3) is 0.510.